The van der Waals surface area contributed by atoms with Gasteiger partial charge in [0.15, 0.2) is 0 Å². The molecule has 0 aliphatic rings. The summed E-state index contributed by atoms with van der Waals surface area (Å²) < 4.78 is 0.845. The Kier molecular flexibility index (Phi) is 5.27. The van der Waals surface area contributed by atoms with Crippen molar-refractivity contribution in [2.75, 3.05) is 11.6 Å². The number of benzene rings is 1. The lowest BCUT2D eigenvalue weighted by Crippen LogP contribution is -2.11. The maximum Gasteiger partial charge on any atom is 0.266 e. The zero-order chi connectivity index (χ0) is 17.1. The van der Waals surface area contributed by atoms with E-state index in [-0.39, 0.29) is 5.91 Å². The zero-order valence-corrected chi connectivity index (χ0v) is 15.7. The van der Waals surface area contributed by atoms with Crippen molar-refractivity contribution in [1.82, 2.24) is 0 Å². The van der Waals surface area contributed by atoms with E-state index in [1.54, 1.807) is 24.3 Å². The van der Waals surface area contributed by atoms with Crippen LogP contribution in [0.5, 0.6) is 0 Å². The molecule has 3 rings (SSSR count). The summed E-state index contributed by atoms with van der Waals surface area (Å²) in [5.41, 5.74) is 1.90. The molecule has 0 aliphatic carbocycles. The standard InChI is InChI=1S/C17H11ClN2OS3/c1-22-17-12(9-19)14(13-6-3-7-23-13)15(24-17)16(21)20-11-5-2-4-10(18)8-11/h2-8H,1H3,(H,20,21). The molecule has 0 radical (unpaired) electrons. The number of anilines is 1. The van der Waals surface area contributed by atoms with Crippen molar-refractivity contribution < 1.29 is 4.79 Å². The molecule has 1 amide bonds. The maximum absolute atomic E-state index is 12.8. The van der Waals surface area contributed by atoms with Gasteiger partial charge < -0.3 is 5.32 Å². The number of carbonyl (C=O) groups excluding carboxylic acids is 1. The number of hydrogen-bond donors (Lipinski definition) is 1. The molecule has 0 aliphatic heterocycles. The van der Waals surface area contributed by atoms with Gasteiger partial charge in [-0.2, -0.15) is 5.26 Å². The maximum atomic E-state index is 12.8. The van der Waals surface area contributed by atoms with Gasteiger partial charge in [-0.05, 0) is 35.9 Å². The fraction of sp³-hybridized carbons (Fsp3) is 0.0588. The SMILES string of the molecule is CSc1sc(C(=O)Nc2cccc(Cl)c2)c(-c2cccs2)c1C#N. The van der Waals surface area contributed by atoms with Gasteiger partial charge in [0, 0.05) is 21.2 Å². The Labute approximate surface area is 156 Å². The highest BCUT2D eigenvalue weighted by molar-refractivity contribution is 8.00. The van der Waals surface area contributed by atoms with Crippen molar-refractivity contribution >= 4 is 57.6 Å². The van der Waals surface area contributed by atoms with Gasteiger partial charge in [-0.25, -0.2) is 0 Å². The first-order valence-electron chi connectivity index (χ1n) is 6.85. The lowest BCUT2D eigenvalue weighted by Gasteiger charge is -2.06. The molecule has 0 unspecified atom stereocenters. The highest BCUT2D eigenvalue weighted by atomic mass is 35.5. The number of nitrogens with zero attached hydrogens (tertiary/aromatic N) is 1. The predicted molar refractivity (Wildman–Crippen MR) is 104 cm³/mol. The summed E-state index contributed by atoms with van der Waals surface area (Å²) in [5, 5.41) is 14.9. The number of thiophene rings is 2. The highest BCUT2D eigenvalue weighted by Gasteiger charge is 2.24. The topological polar surface area (TPSA) is 52.9 Å². The lowest BCUT2D eigenvalue weighted by molar-refractivity contribution is 0.103. The minimum atomic E-state index is -0.234. The summed E-state index contributed by atoms with van der Waals surface area (Å²) >= 11 is 10.3. The van der Waals surface area contributed by atoms with E-state index in [1.807, 2.05) is 23.8 Å². The molecule has 24 heavy (non-hydrogen) atoms. The van der Waals surface area contributed by atoms with Crippen molar-refractivity contribution in [3.63, 3.8) is 0 Å². The molecule has 120 valence electrons. The number of rotatable bonds is 4. The molecule has 0 bridgehead atoms. The summed E-state index contributed by atoms with van der Waals surface area (Å²) in [6, 6.07) is 13.1. The third-order valence-electron chi connectivity index (χ3n) is 3.23. The number of amides is 1. The van der Waals surface area contributed by atoms with Gasteiger partial charge in [-0.1, -0.05) is 23.7 Å². The van der Waals surface area contributed by atoms with Crippen LogP contribution in [0.25, 0.3) is 10.4 Å². The third-order valence-corrected chi connectivity index (χ3v) is 6.66. The van der Waals surface area contributed by atoms with Crippen LogP contribution in [-0.4, -0.2) is 12.2 Å². The third kappa shape index (κ3) is 3.35. The molecule has 2 heterocycles. The largest absolute Gasteiger partial charge is 0.321 e. The van der Waals surface area contributed by atoms with E-state index in [4.69, 9.17) is 11.6 Å². The first-order chi connectivity index (χ1) is 11.6. The van der Waals surface area contributed by atoms with Crippen LogP contribution in [0.1, 0.15) is 15.2 Å². The Morgan fingerprint density at radius 1 is 1.33 bits per heavy atom. The fourth-order valence-corrected chi connectivity index (χ4v) is 5.09. The number of carbonyl (C=O) groups is 1. The number of thioether (sulfide) groups is 1. The van der Waals surface area contributed by atoms with Crippen LogP contribution < -0.4 is 5.32 Å². The van der Waals surface area contributed by atoms with Gasteiger partial charge in [0.1, 0.15) is 10.9 Å². The van der Waals surface area contributed by atoms with E-state index in [2.05, 4.69) is 11.4 Å². The Morgan fingerprint density at radius 2 is 2.17 bits per heavy atom. The normalized spacial score (nSPS) is 10.4. The molecule has 7 heteroatoms. The number of nitriles is 1. The van der Waals surface area contributed by atoms with Crippen LogP contribution in [-0.2, 0) is 0 Å². The van der Waals surface area contributed by atoms with E-state index in [9.17, 15) is 10.1 Å². The smallest absolute Gasteiger partial charge is 0.266 e. The quantitative estimate of drug-likeness (QED) is 0.558. The molecule has 0 saturated carbocycles. The van der Waals surface area contributed by atoms with E-state index in [0.29, 0.717) is 26.7 Å². The van der Waals surface area contributed by atoms with Crippen LogP contribution >= 0.6 is 46.0 Å². The lowest BCUT2D eigenvalue weighted by atomic mass is 10.1. The average molecular weight is 391 g/mol. The van der Waals surface area contributed by atoms with E-state index >= 15 is 0 Å². The molecular formula is C17H11ClN2OS3. The van der Waals surface area contributed by atoms with E-state index < -0.39 is 0 Å². The van der Waals surface area contributed by atoms with Gasteiger partial charge in [0.2, 0.25) is 0 Å². The number of hydrogen-bond acceptors (Lipinski definition) is 5. The van der Waals surface area contributed by atoms with Crippen LogP contribution in [0.4, 0.5) is 5.69 Å². The highest BCUT2D eigenvalue weighted by Crippen LogP contribution is 2.42. The van der Waals surface area contributed by atoms with Crippen LogP contribution in [0.2, 0.25) is 5.02 Å². The molecule has 1 N–H and O–H groups in total. The Balaban J connectivity index is 2.05. The Morgan fingerprint density at radius 3 is 2.79 bits per heavy atom. The summed E-state index contributed by atoms with van der Waals surface area (Å²) in [4.78, 5) is 14.2. The summed E-state index contributed by atoms with van der Waals surface area (Å²) in [7, 11) is 0. The van der Waals surface area contributed by atoms with Gasteiger partial charge in [0.25, 0.3) is 5.91 Å². The van der Waals surface area contributed by atoms with Crippen molar-refractivity contribution in [3.8, 4) is 16.5 Å². The average Bonchev–Trinajstić information content (AvgIpc) is 3.21. The second-order valence-electron chi connectivity index (χ2n) is 4.73. The molecule has 3 aromatic rings. The number of nitrogens with one attached hydrogen (secondary N) is 1. The molecular weight excluding hydrogens is 380 g/mol. The molecule has 0 saturated heterocycles. The van der Waals surface area contributed by atoms with Crippen LogP contribution in [0, 0.1) is 11.3 Å². The number of halogens is 1. The molecule has 0 atom stereocenters. The summed E-state index contributed by atoms with van der Waals surface area (Å²) in [6.07, 6.45) is 1.91. The van der Waals surface area contributed by atoms with Gasteiger partial charge >= 0.3 is 0 Å². The summed E-state index contributed by atoms with van der Waals surface area (Å²) in [6.45, 7) is 0. The Hall–Kier alpha value is -1.78. The van der Waals surface area contributed by atoms with Gasteiger partial charge in [-0.3, -0.25) is 4.79 Å². The first kappa shape index (κ1) is 17.1. The van der Waals surface area contributed by atoms with Gasteiger partial charge in [0.05, 0.1) is 9.77 Å². The molecule has 1 aromatic carbocycles. The van der Waals surface area contributed by atoms with Crippen molar-refractivity contribution in [3.05, 3.63) is 57.2 Å². The molecule has 2 aromatic heterocycles. The molecule has 0 spiro atoms. The van der Waals surface area contributed by atoms with E-state index in [1.165, 1.54) is 34.4 Å². The minimum absolute atomic E-state index is 0.234. The van der Waals surface area contributed by atoms with Crippen molar-refractivity contribution in [2.45, 2.75) is 4.21 Å². The second kappa shape index (κ2) is 7.41. The monoisotopic (exact) mass is 390 g/mol. The van der Waals surface area contributed by atoms with Gasteiger partial charge in [-0.15, -0.1) is 34.4 Å². The zero-order valence-electron chi connectivity index (χ0n) is 12.5. The predicted octanol–water partition coefficient (Wildman–Crippen LogP) is 5.98. The molecule has 3 nitrogen and oxygen atoms in total. The fourth-order valence-electron chi connectivity index (χ4n) is 2.23. The summed E-state index contributed by atoms with van der Waals surface area (Å²) in [5.74, 6) is -0.234. The molecule has 0 fully saturated rings. The van der Waals surface area contributed by atoms with Crippen molar-refractivity contribution in [1.29, 1.82) is 5.26 Å². The van der Waals surface area contributed by atoms with Crippen LogP contribution in [0.15, 0.2) is 46.0 Å². The first-order valence-corrected chi connectivity index (χ1v) is 10.2. The Bertz CT molecular complexity index is 926. The van der Waals surface area contributed by atoms with E-state index in [0.717, 1.165) is 9.09 Å². The van der Waals surface area contributed by atoms with Crippen molar-refractivity contribution in [2.24, 2.45) is 0 Å². The minimum Gasteiger partial charge on any atom is -0.321 e. The van der Waals surface area contributed by atoms with Crippen LogP contribution in [0.3, 0.4) is 0 Å². The second-order valence-corrected chi connectivity index (χ2v) is 8.21.